The summed E-state index contributed by atoms with van der Waals surface area (Å²) in [7, 11) is 0. The zero-order chi connectivity index (χ0) is 29.1. The molecule has 8 nitrogen and oxygen atoms in total. The molecule has 11 heteroatoms. The monoisotopic (exact) mass is 565 g/mol. The van der Waals surface area contributed by atoms with Crippen LogP contribution in [0, 0.1) is 12.7 Å². The Morgan fingerprint density at radius 3 is 2.51 bits per heavy atom. The molecule has 1 aromatic heterocycles. The van der Waals surface area contributed by atoms with Crippen LogP contribution in [0.25, 0.3) is 0 Å². The van der Waals surface area contributed by atoms with Gasteiger partial charge in [-0.2, -0.15) is 0 Å². The highest BCUT2D eigenvalue weighted by Gasteiger charge is 2.45. The largest absolute Gasteiger partial charge is 0.351 e. The number of benzene rings is 2. The molecule has 2 aromatic carbocycles. The van der Waals surface area contributed by atoms with E-state index in [0.717, 1.165) is 6.07 Å². The maximum Gasteiger partial charge on any atom is 0.251 e. The van der Waals surface area contributed by atoms with Gasteiger partial charge in [-0.3, -0.25) is 29.2 Å². The second-order valence-electron chi connectivity index (χ2n) is 10.5. The first-order chi connectivity index (χ1) is 19.6. The van der Waals surface area contributed by atoms with Crippen LogP contribution in [0.5, 0.6) is 0 Å². The summed E-state index contributed by atoms with van der Waals surface area (Å²) in [4.78, 5) is 52.2. The van der Waals surface area contributed by atoms with Gasteiger partial charge < -0.3 is 5.32 Å². The molecule has 1 saturated carbocycles. The van der Waals surface area contributed by atoms with Gasteiger partial charge >= 0.3 is 0 Å². The Labute approximate surface area is 235 Å². The minimum atomic E-state index is -2.78. The number of hydrogen-bond acceptors (Lipinski definition) is 5. The van der Waals surface area contributed by atoms with Crippen molar-refractivity contribution >= 4 is 29.2 Å². The van der Waals surface area contributed by atoms with E-state index in [2.05, 4.69) is 15.3 Å². The van der Waals surface area contributed by atoms with Gasteiger partial charge in [0, 0.05) is 43.4 Å². The molecule has 3 amide bonds. The number of hydrogen-bond donors (Lipinski definition) is 1. The first kappa shape index (κ1) is 28.3. The number of amides is 3. The molecular formula is C30H30F3N5O3. The molecule has 2 fully saturated rings. The van der Waals surface area contributed by atoms with Crippen LogP contribution in [0.15, 0.2) is 67.1 Å². The molecule has 1 aliphatic carbocycles. The standard InChI is InChI=1S/C30H30F3N5O3/c1-19-5-2-3-8-23(19)27(28(40)36-21-11-13-30(32,33)14-12-21)37(22-7-4-6-20(31)17-22)29(41)24-9-10-26(39)38(24)25-18-34-15-16-35-25/h2-8,15-18,21,24,27H,9-14H2,1H3,(H,36,40)/t24-,27-/m0/s1. The normalized spacial score (nSPS) is 19.6. The lowest BCUT2D eigenvalue weighted by molar-refractivity contribution is -0.128. The van der Waals surface area contributed by atoms with Gasteiger partial charge in [0.15, 0.2) is 5.82 Å². The second-order valence-corrected chi connectivity index (χ2v) is 10.5. The average Bonchev–Trinajstić information content (AvgIpc) is 3.34. The van der Waals surface area contributed by atoms with Crippen molar-refractivity contribution in [3.05, 3.63) is 84.1 Å². The molecule has 0 bridgehead atoms. The van der Waals surface area contributed by atoms with Crippen LogP contribution in [0.4, 0.5) is 24.7 Å². The molecule has 0 spiro atoms. The van der Waals surface area contributed by atoms with E-state index in [-0.39, 0.29) is 55.9 Å². The van der Waals surface area contributed by atoms with Crippen LogP contribution in [-0.2, 0) is 14.4 Å². The molecule has 1 saturated heterocycles. The number of nitrogens with zero attached hydrogens (tertiary/aromatic N) is 4. The molecule has 0 unspecified atom stereocenters. The van der Waals surface area contributed by atoms with Gasteiger partial charge in [-0.05, 0) is 55.5 Å². The van der Waals surface area contributed by atoms with Gasteiger partial charge in [0.1, 0.15) is 17.9 Å². The van der Waals surface area contributed by atoms with Crippen molar-refractivity contribution in [3.8, 4) is 0 Å². The van der Waals surface area contributed by atoms with Gasteiger partial charge in [0.25, 0.3) is 5.91 Å². The third-order valence-electron chi connectivity index (χ3n) is 7.67. The Morgan fingerprint density at radius 2 is 1.83 bits per heavy atom. The summed E-state index contributed by atoms with van der Waals surface area (Å²) >= 11 is 0. The van der Waals surface area contributed by atoms with E-state index in [9.17, 15) is 27.6 Å². The second kappa shape index (κ2) is 11.7. The van der Waals surface area contributed by atoms with Gasteiger partial charge in [0.05, 0.1) is 6.20 Å². The third-order valence-corrected chi connectivity index (χ3v) is 7.67. The van der Waals surface area contributed by atoms with Crippen LogP contribution in [0.1, 0.15) is 55.7 Å². The Balaban J connectivity index is 1.58. The van der Waals surface area contributed by atoms with Crippen molar-refractivity contribution < 1.29 is 27.6 Å². The van der Waals surface area contributed by atoms with Crippen molar-refractivity contribution in [2.24, 2.45) is 0 Å². The van der Waals surface area contributed by atoms with E-state index in [4.69, 9.17) is 0 Å². The lowest BCUT2D eigenvalue weighted by Crippen LogP contribution is -2.53. The summed E-state index contributed by atoms with van der Waals surface area (Å²) in [6.07, 6.45) is 3.93. The number of halogens is 3. The van der Waals surface area contributed by atoms with E-state index in [0.29, 0.717) is 11.1 Å². The van der Waals surface area contributed by atoms with Crippen LogP contribution < -0.4 is 15.1 Å². The molecule has 2 aliphatic rings. The highest BCUT2D eigenvalue weighted by molar-refractivity contribution is 6.10. The lowest BCUT2D eigenvalue weighted by Gasteiger charge is -2.37. The fourth-order valence-electron chi connectivity index (χ4n) is 5.57. The first-order valence-corrected chi connectivity index (χ1v) is 13.5. The first-order valence-electron chi connectivity index (χ1n) is 13.5. The van der Waals surface area contributed by atoms with Crippen LogP contribution in [-0.4, -0.2) is 45.7 Å². The number of nitrogens with one attached hydrogen (secondary N) is 1. The molecule has 41 heavy (non-hydrogen) atoms. The predicted molar refractivity (Wildman–Crippen MR) is 146 cm³/mol. The van der Waals surface area contributed by atoms with E-state index in [1.165, 1.54) is 46.6 Å². The molecule has 2 atom stereocenters. The highest BCUT2D eigenvalue weighted by atomic mass is 19.3. The fraction of sp³-hybridized carbons (Fsp3) is 0.367. The minimum Gasteiger partial charge on any atom is -0.351 e. The summed E-state index contributed by atoms with van der Waals surface area (Å²) in [6.45, 7) is 1.79. The van der Waals surface area contributed by atoms with Crippen LogP contribution >= 0.6 is 0 Å². The zero-order valence-corrected chi connectivity index (χ0v) is 22.5. The van der Waals surface area contributed by atoms with Gasteiger partial charge in [-0.1, -0.05) is 30.3 Å². The Kier molecular flexibility index (Phi) is 8.05. The van der Waals surface area contributed by atoms with Crippen molar-refractivity contribution in [2.45, 2.75) is 69.5 Å². The third kappa shape index (κ3) is 6.08. The quantitative estimate of drug-likeness (QED) is 0.440. The van der Waals surface area contributed by atoms with Gasteiger partial charge in [-0.25, -0.2) is 18.2 Å². The highest BCUT2D eigenvalue weighted by Crippen LogP contribution is 2.36. The number of carbonyl (C=O) groups excluding carboxylic acids is 3. The number of carbonyl (C=O) groups is 3. The smallest absolute Gasteiger partial charge is 0.251 e. The van der Waals surface area contributed by atoms with E-state index < -0.39 is 41.7 Å². The Bertz CT molecular complexity index is 1430. The summed E-state index contributed by atoms with van der Waals surface area (Å²) in [5, 5.41) is 2.88. The van der Waals surface area contributed by atoms with Crippen LogP contribution in [0.3, 0.4) is 0 Å². The van der Waals surface area contributed by atoms with E-state index in [1.807, 2.05) is 0 Å². The Morgan fingerprint density at radius 1 is 1.07 bits per heavy atom. The summed E-state index contributed by atoms with van der Waals surface area (Å²) < 4.78 is 42.2. The number of aromatic nitrogens is 2. The van der Waals surface area contributed by atoms with Crippen molar-refractivity contribution in [1.29, 1.82) is 0 Å². The molecule has 3 aromatic rings. The molecule has 0 radical (unpaired) electrons. The molecular weight excluding hydrogens is 535 g/mol. The number of anilines is 2. The maximum absolute atomic E-state index is 14.6. The SMILES string of the molecule is Cc1ccccc1[C@@H](C(=O)NC1CCC(F)(F)CC1)N(C(=O)[C@@H]1CCC(=O)N1c1cnccn1)c1cccc(F)c1. The maximum atomic E-state index is 14.6. The lowest BCUT2D eigenvalue weighted by atomic mass is 9.91. The number of rotatable bonds is 7. The van der Waals surface area contributed by atoms with Crippen molar-refractivity contribution in [3.63, 3.8) is 0 Å². The van der Waals surface area contributed by atoms with Crippen LogP contribution in [0.2, 0.25) is 0 Å². The minimum absolute atomic E-state index is 0.0709. The van der Waals surface area contributed by atoms with E-state index >= 15 is 0 Å². The molecule has 1 N–H and O–H groups in total. The van der Waals surface area contributed by atoms with Gasteiger partial charge in [0.2, 0.25) is 17.7 Å². The summed E-state index contributed by atoms with van der Waals surface area (Å²) in [6, 6.07) is 9.52. The van der Waals surface area contributed by atoms with Crippen molar-refractivity contribution in [2.75, 3.05) is 9.80 Å². The summed E-state index contributed by atoms with van der Waals surface area (Å²) in [5.41, 5.74) is 1.30. The fourth-order valence-corrected chi connectivity index (χ4v) is 5.57. The number of aryl methyl sites for hydroxylation is 1. The molecule has 2 heterocycles. The van der Waals surface area contributed by atoms with Crippen molar-refractivity contribution in [1.82, 2.24) is 15.3 Å². The van der Waals surface area contributed by atoms with E-state index in [1.54, 1.807) is 31.2 Å². The predicted octanol–water partition coefficient (Wildman–Crippen LogP) is 4.89. The Hall–Kier alpha value is -4.28. The molecule has 5 rings (SSSR count). The average molecular weight is 566 g/mol. The summed E-state index contributed by atoms with van der Waals surface area (Å²) in [5.74, 6) is -4.73. The zero-order valence-electron chi connectivity index (χ0n) is 22.5. The van der Waals surface area contributed by atoms with Gasteiger partial charge in [-0.15, -0.1) is 0 Å². The molecule has 1 aliphatic heterocycles. The topological polar surface area (TPSA) is 95.5 Å². The molecule has 214 valence electrons. The number of alkyl halides is 2.